The number of fused-ring (bicyclic) bond motifs is 3. The molecule has 1 aliphatic rings. The number of furan rings is 1. The number of piperazine rings is 1. The van der Waals surface area contributed by atoms with Gasteiger partial charge in [-0.25, -0.2) is 9.67 Å². The Morgan fingerprint density at radius 2 is 1.73 bits per heavy atom. The first-order valence-electron chi connectivity index (χ1n) is 14.7. The predicted molar refractivity (Wildman–Crippen MR) is 166 cm³/mol. The number of hydrogen-bond donors (Lipinski definition) is 1. The fourth-order valence-corrected chi connectivity index (χ4v) is 5.52. The van der Waals surface area contributed by atoms with E-state index in [1.54, 1.807) is 29.3 Å². The fourth-order valence-electron chi connectivity index (χ4n) is 5.52. The molecule has 1 unspecified atom stereocenters. The molecule has 224 valence electrons. The van der Waals surface area contributed by atoms with E-state index in [0.29, 0.717) is 67.0 Å². The van der Waals surface area contributed by atoms with Crippen molar-refractivity contribution in [3.8, 4) is 17.3 Å². The van der Waals surface area contributed by atoms with Crippen molar-refractivity contribution in [1.82, 2.24) is 34.3 Å². The van der Waals surface area contributed by atoms with Crippen molar-refractivity contribution in [1.29, 1.82) is 0 Å². The Morgan fingerprint density at radius 3 is 2.43 bits per heavy atom. The highest BCUT2D eigenvalue weighted by Crippen LogP contribution is 2.29. The average Bonchev–Trinajstić information content (AvgIpc) is 3.82. The number of carbonyl (C=O) groups excluding carboxylic acids is 1. The molecule has 1 aliphatic heterocycles. The Hall–Kier alpha value is -5.39. The highest BCUT2D eigenvalue weighted by atomic mass is 16.5. The zero-order valence-corrected chi connectivity index (χ0v) is 24.6. The normalized spacial score (nSPS) is 14.5. The Bertz CT molecular complexity index is 1890. The topological polar surface area (TPSA) is 133 Å². The second kappa shape index (κ2) is 11.4. The van der Waals surface area contributed by atoms with Crippen molar-refractivity contribution in [3.63, 3.8) is 0 Å². The lowest BCUT2D eigenvalue weighted by Crippen LogP contribution is -2.51. The van der Waals surface area contributed by atoms with Crippen molar-refractivity contribution in [2.24, 2.45) is 5.92 Å². The number of carbonyl (C=O) groups is 1. The van der Waals surface area contributed by atoms with Gasteiger partial charge in [0.25, 0.3) is 5.91 Å². The summed E-state index contributed by atoms with van der Waals surface area (Å²) < 4.78 is 14.4. The van der Waals surface area contributed by atoms with Gasteiger partial charge in [-0.05, 0) is 47.9 Å². The van der Waals surface area contributed by atoms with E-state index in [4.69, 9.17) is 14.9 Å². The first kappa shape index (κ1) is 27.4. The molecule has 44 heavy (non-hydrogen) atoms. The summed E-state index contributed by atoms with van der Waals surface area (Å²) in [5, 5.41) is 9.78. The third kappa shape index (κ3) is 5.08. The zero-order valence-electron chi connectivity index (χ0n) is 24.6. The van der Waals surface area contributed by atoms with E-state index in [0.717, 1.165) is 17.0 Å². The van der Waals surface area contributed by atoms with Crippen LogP contribution >= 0.6 is 0 Å². The molecule has 1 atom stereocenters. The lowest BCUT2D eigenvalue weighted by Gasteiger charge is -2.37. The quantitative estimate of drug-likeness (QED) is 0.275. The molecule has 4 aromatic heterocycles. The SMILES string of the molecule is CC(C)COc1ccc(N2CCN(C(=O)C(c3ccccc3)n3ncc4c3nc(N)n3nc(-c5ccco5)nc43)CC2)cc1. The van der Waals surface area contributed by atoms with E-state index >= 15 is 0 Å². The number of nitrogens with zero attached hydrogens (tertiary/aromatic N) is 8. The monoisotopic (exact) mass is 591 g/mol. The maximum atomic E-state index is 14.3. The first-order valence-corrected chi connectivity index (χ1v) is 14.7. The van der Waals surface area contributed by atoms with Gasteiger partial charge in [0.1, 0.15) is 5.75 Å². The van der Waals surface area contributed by atoms with E-state index in [-0.39, 0.29) is 11.9 Å². The lowest BCUT2D eigenvalue weighted by atomic mass is 10.0. The molecule has 12 nitrogen and oxygen atoms in total. The fraction of sp³-hybridized carbons (Fsp3) is 0.281. The van der Waals surface area contributed by atoms with Crippen molar-refractivity contribution in [2.75, 3.05) is 43.4 Å². The average molecular weight is 592 g/mol. The highest BCUT2D eigenvalue weighted by Gasteiger charge is 2.33. The van der Waals surface area contributed by atoms with Crippen LogP contribution in [0.25, 0.3) is 28.3 Å². The molecule has 7 rings (SSSR count). The summed E-state index contributed by atoms with van der Waals surface area (Å²) in [5.74, 6) is 2.31. The van der Waals surface area contributed by atoms with E-state index in [2.05, 4.69) is 51.0 Å². The number of hydrogen-bond acceptors (Lipinski definition) is 9. The lowest BCUT2D eigenvalue weighted by molar-refractivity contribution is -0.134. The van der Waals surface area contributed by atoms with Crippen LogP contribution in [0, 0.1) is 5.92 Å². The van der Waals surface area contributed by atoms with Crippen LogP contribution in [0.2, 0.25) is 0 Å². The van der Waals surface area contributed by atoms with Gasteiger partial charge in [-0.1, -0.05) is 44.2 Å². The molecule has 1 saturated heterocycles. The Kier molecular flexibility index (Phi) is 7.09. The molecular weight excluding hydrogens is 558 g/mol. The van der Waals surface area contributed by atoms with Crippen LogP contribution in [0.4, 0.5) is 11.6 Å². The number of rotatable bonds is 8. The summed E-state index contributed by atoms with van der Waals surface area (Å²) in [6, 6.07) is 20.6. The molecule has 5 heterocycles. The summed E-state index contributed by atoms with van der Waals surface area (Å²) in [6.45, 7) is 7.51. The number of amides is 1. The smallest absolute Gasteiger partial charge is 0.252 e. The zero-order chi connectivity index (χ0) is 30.2. The van der Waals surface area contributed by atoms with Gasteiger partial charge in [0.2, 0.25) is 11.8 Å². The van der Waals surface area contributed by atoms with Crippen molar-refractivity contribution in [2.45, 2.75) is 19.9 Å². The summed E-state index contributed by atoms with van der Waals surface area (Å²) in [4.78, 5) is 27.8. The van der Waals surface area contributed by atoms with Gasteiger partial charge in [0, 0.05) is 31.9 Å². The molecule has 6 aromatic rings. The van der Waals surface area contributed by atoms with Crippen LogP contribution in [0.15, 0.2) is 83.6 Å². The van der Waals surface area contributed by atoms with Gasteiger partial charge in [-0.2, -0.15) is 14.6 Å². The molecule has 1 fully saturated rings. The number of nitrogen functional groups attached to an aromatic ring is 1. The van der Waals surface area contributed by atoms with Crippen molar-refractivity contribution < 1.29 is 13.9 Å². The summed E-state index contributed by atoms with van der Waals surface area (Å²) >= 11 is 0. The molecule has 0 saturated carbocycles. The minimum atomic E-state index is -0.737. The molecule has 0 spiro atoms. The number of aromatic nitrogens is 6. The molecular formula is C32H33N9O3. The van der Waals surface area contributed by atoms with Gasteiger partial charge < -0.3 is 24.7 Å². The van der Waals surface area contributed by atoms with E-state index in [9.17, 15) is 4.79 Å². The number of nitrogens with two attached hydrogens (primary N) is 1. The van der Waals surface area contributed by atoms with Crippen LogP contribution in [-0.2, 0) is 4.79 Å². The maximum absolute atomic E-state index is 14.3. The van der Waals surface area contributed by atoms with Crippen LogP contribution in [0.1, 0.15) is 25.5 Å². The van der Waals surface area contributed by atoms with Gasteiger partial charge >= 0.3 is 0 Å². The molecule has 0 aliphatic carbocycles. The van der Waals surface area contributed by atoms with Crippen LogP contribution in [0.5, 0.6) is 5.75 Å². The number of ether oxygens (including phenoxy) is 1. The van der Waals surface area contributed by atoms with Crippen LogP contribution < -0.4 is 15.4 Å². The Labute approximate surface area is 253 Å². The Morgan fingerprint density at radius 1 is 0.955 bits per heavy atom. The molecule has 1 amide bonds. The van der Waals surface area contributed by atoms with E-state index in [1.807, 2.05) is 47.4 Å². The van der Waals surface area contributed by atoms with Gasteiger partial charge in [0.15, 0.2) is 23.1 Å². The van der Waals surface area contributed by atoms with E-state index in [1.165, 1.54) is 4.52 Å². The number of anilines is 2. The molecule has 2 aromatic carbocycles. The maximum Gasteiger partial charge on any atom is 0.252 e. The Balaban J connectivity index is 1.16. The second-order valence-corrected chi connectivity index (χ2v) is 11.3. The minimum absolute atomic E-state index is 0.0590. The number of benzene rings is 2. The minimum Gasteiger partial charge on any atom is -0.493 e. The molecule has 0 radical (unpaired) electrons. The van der Waals surface area contributed by atoms with Gasteiger partial charge in [0.05, 0.1) is 24.5 Å². The third-order valence-electron chi connectivity index (χ3n) is 7.77. The third-order valence-corrected chi connectivity index (χ3v) is 7.77. The standard InChI is InChI=1S/C32H33N9O3/c1-21(2)20-44-24-12-10-23(11-13-24)38-14-16-39(17-15-38)31(42)27(22-7-4-3-5-8-22)40-30-25(19-34-40)29-35-28(26-9-6-18-43-26)37-41(29)32(33)36-30/h3-13,18-19,21,27H,14-17,20H2,1-2H3,(H2,33,36). The predicted octanol–water partition coefficient (Wildman–Crippen LogP) is 4.29. The van der Waals surface area contributed by atoms with E-state index < -0.39 is 6.04 Å². The van der Waals surface area contributed by atoms with Gasteiger partial charge in [-0.3, -0.25) is 4.79 Å². The van der Waals surface area contributed by atoms with Crippen molar-refractivity contribution >= 4 is 34.2 Å². The largest absolute Gasteiger partial charge is 0.493 e. The highest BCUT2D eigenvalue weighted by molar-refractivity contribution is 5.92. The first-order chi connectivity index (χ1) is 21.5. The van der Waals surface area contributed by atoms with Crippen LogP contribution in [0.3, 0.4) is 0 Å². The summed E-state index contributed by atoms with van der Waals surface area (Å²) in [7, 11) is 0. The van der Waals surface area contributed by atoms with Gasteiger partial charge in [-0.15, -0.1) is 5.10 Å². The molecule has 0 bridgehead atoms. The second-order valence-electron chi connectivity index (χ2n) is 11.3. The molecule has 12 heteroatoms. The molecule has 2 N–H and O–H groups in total. The van der Waals surface area contributed by atoms with Crippen LogP contribution in [-0.4, -0.2) is 73.0 Å². The van der Waals surface area contributed by atoms with Crippen molar-refractivity contribution in [3.05, 3.63) is 84.8 Å². The summed E-state index contributed by atoms with van der Waals surface area (Å²) in [5.41, 5.74) is 9.21. The summed E-state index contributed by atoms with van der Waals surface area (Å²) in [6.07, 6.45) is 3.22.